The van der Waals surface area contributed by atoms with Crippen molar-refractivity contribution in [3.8, 4) is 0 Å². The van der Waals surface area contributed by atoms with Crippen LogP contribution in [-0.2, 0) is 11.3 Å². The van der Waals surface area contributed by atoms with Crippen LogP contribution >= 0.6 is 11.8 Å². The SMILES string of the molecule is CCN(C(=O)C(C)Sc1nnc(C2CC2)n1Cc1ccccc1)C1CCCCC1. The maximum Gasteiger partial charge on any atom is 0.236 e. The molecule has 0 saturated heterocycles. The van der Waals surface area contributed by atoms with Gasteiger partial charge in [-0.15, -0.1) is 10.2 Å². The molecule has 5 nitrogen and oxygen atoms in total. The smallest absolute Gasteiger partial charge is 0.236 e. The van der Waals surface area contributed by atoms with Crippen LogP contribution in [-0.4, -0.2) is 43.4 Å². The monoisotopic (exact) mass is 412 g/mol. The Morgan fingerprint density at radius 1 is 1.14 bits per heavy atom. The van der Waals surface area contributed by atoms with Crippen molar-refractivity contribution in [3.63, 3.8) is 0 Å². The molecule has 2 saturated carbocycles. The number of nitrogens with zero attached hydrogens (tertiary/aromatic N) is 4. The molecule has 1 atom stereocenters. The van der Waals surface area contributed by atoms with Crippen molar-refractivity contribution in [1.29, 1.82) is 0 Å². The zero-order valence-electron chi connectivity index (χ0n) is 17.6. The number of benzene rings is 1. The summed E-state index contributed by atoms with van der Waals surface area (Å²) in [6.45, 7) is 5.69. The van der Waals surface area contributed by atoms with Crippen LogP contribution in [0, 0.1) is 0 Å². The quantitative estimate of drug-likeness (QED) is 0.581. The van der Waals surface area contributed by atoms with E-state index in [1.165, 1.54) is 37.7 Å². The maximum atomic E-state index is 13.2. The van der Waals surface area contributed by atoms with Gasteiger partial charge in [-0.2, -0.15) is 0 Å². The van der Waals surface area contributed by atoms with Crippen LogP contribution in [0.25, 0.3) is 0 Å². The van der Waals surface area contributed by atoms with Gasteiger partial charge in [0.15, 0.2) is 5.16 Å². The number of carbonyl (C=O) groups excluding carboxylic acids is 1. The average molecular weight is 413 g/mol. The van der Waals surface area contributed by atoms with Gasteiger partial charge < -0.3 is 9.47 Å². The average Bonchev–Trinajstić information content (AvgIpc) is 3.53. The van der Waals surface area contributed by atoms with Crippen molar-refractivity contribution in [2.75, 3.05) is 6.54 Å². The van der Waals surface area contributed by atoms with Crippen LogP contribution in [0.2, 0.25) is 0 Å². The molecule has 0 N–H and O–H groups in total. The van der Waals surface area contributed by atoms with E-state index in [-0.39, 0.29) is 11.2 Å². The predicted molar refractivity (Wildman–Crippen MR) is 117 cm³/mol. The lowest BCUT2D eigenvalue weighted by molar-refractivity contribution is -0.133. The summed E-state index contributed by atoms with van der Waals surface area (Å²) < 4.78 is 2.23. The second-order valence-corrected chi connectivity index (χ2v) is 9.67. The Labute approximate surface area is 178 Å². The number of aromatic nitrogens is 3. The lowest BCUT2D eigenvalue weighted by Crippen LogP contribution is -2.44. The van der Waals surface area contributed by atoms with E-state index in [0.29, 0.717) is 12.0 Å². The van der Waals surface area contributed by atoms with Crippen LogP contribution in [0.5, 0.6) is 0 Å². The molecular formula is C23H32N4OS. The first-order valence-electron chi connectivity index (χ1n) is 11.1. The summed E-state index contributed by atoms with van der Waals surface area (Å²) in [5.74, 6) is 1.85. The topological polar surface area (TPSA) is 51.0 Å². The van der Waals surface area contributed by atoms with E-state index in [0.717, 1.165) is 36.9 Å². The van der Waals surface area contributed by atoms with E-state index in [2.05, 4.69) is 50.9 Å². The minimum Gasteiger partial charge on any atom is -0.339 e. The molecule has 1 amide bonds. The molecule has 0 aliphatic heterocycles. The third-order valence-electron chi connectivity index (χ3n) is 6.14. The first-order chi connectivity index (χ1) is 14.2. The highest BCUT2D eigenvalue weighted by Crippen LogP contribution is 2.40. The predicted octanol–water partition coefficient (Wildman–Crippen LogP) is 4.87. The molecule has 2 aromatic rings. The molecule has 156 valence electrons. The summed E-state index contributed by atoms with van der Waals surface area (Å²) in [7, 11) is 0. The summed E-state index contributed by atoms with van der Waals surface area (Å²) >= 11 is 1.57. The van der Waals surface area contributed by atoms with E-state index in [9.17, 15) is 4.79 Å². The molecule has 2 aliphatic carbocycles. The Balaban J connectivity index is 1.50. The highest BCUT2D eigenvalue weighted by molar-refractivity contribution is 8.00. The van der Waals surface area contributed by atoms with Gasteiger partial charge >= 0.3 is 0 Å². The van der Waals surface area contributed by atoms with Crippen molar-refractivity contribution >= 4 is 17.7 Å². The molecular weight excluding hydrogens is 380 g/mol. The lowest BCUT2D eigenvalue weighted by atomic mass is 9.94. The summed E-state index contributed by atoms with van der Waals surface area (Å²) in [5.41, 5.74) is 1.24. The number of rotatable bonds is 8. The summed E-state index contributed by atoms with van der Waals surface area (Å²) in [5, 5.41) is 9.73. The summed E-state index contributed by atoms with van der Waals surface area (Å²) in [6.07, 6.45) is 8.46. The third-order valence-corrected chi connectivity index (χ3v) is 7.21. The molecule has 0 spiro atoms. The second-order valence-electron chi connectivity index (χ2n) is 8.36. The normalized spacial score (nSPS) is 18.6. The van der Waals surface area contributed by atoms with Crippen molar-refractivity contribution < 1.29 is 4.79 Å². The standard InChI is InChI=1S/C23H32N4OS/c1-3-26(20-12-8-5-9-13-20)22(28)17(2)29-23-25-24-21(19-14-15-19)27(23)16-18-10-6-4-7-11-18/h4,6-7,10-11,17,19-20H,3,5,8-9,12-16H2,1-2H3. The number of carbonyl (C=O) groups is 1. The minimum absolute atomic E-state index is 0.150. The zero-order valence-corrected chi connectivity index (χ0v) is 18.4. The van der Waals surface area contributed by atoms with Gasteiger partial charge in [-0.05, 0) is 45.1 Å². The zero-order chi connectivity index (χ0) is 20.2. The van der Waals surface area contributed by atoms with E-state index >= 15 is 0 Å². The maximum absolute atomic E-state index is 13.2. The number of hydrogen-bond donors (Lipinski definition) is 0. The van der Waals surface area contributed by atoms with E-state index in [1.807, 2.05) is 13.0 Å². The molecule has 1 aromatic heterocycles. The Bertz CT molecular complexity index is 812. The molecule has 0 bridgehead atoms. The van der Waals surface area contributed by atoms with Gasteiger partial charge in [-0.25, -0.2) is 0 Å². The van der Waals surface area contributed by atoms with E-state index in [1.54, 1.807) is 11.8 Å². The molecule has 1 aromatic carbocycles. The Hall–Kier alpha value is -1.82. The van der Waals surface area contributed by atoms with Crippen molar-refractivity contribution in [2.45, 2.75) is 87.7 Å². The highest BCUT2D eigenvalue weighted by atomic mass is 32.2. The first-order valence-corrected chi connectivity index (χ1v) is 12.0. The van der Waals surface area contributed by atoms with Crippen LogP contribution in [0.1, 0.15) is 76.1 Å². The molecule has 1 unspecified atom stereocenters. The van der Waals surface area contributed by atoms with Gasteiger partial charge in [0, 0.05) is 18.5 Å². The molecule has 1 heterocycles. The summed E-state index contributed by atoms with van der Waals surface area (Å²) in [4.78, 5) is 15.4. The first kappa shape index (κ1) is 20.5. The van der Waals surface area contributed by atoms with Crippen LogP contribution in [0.15, 0.2) is 35.5 Å². The summed E-state index contributed by atoms with van der Waals surface area (Å²) in [6, 6.07) is 10.9. The van der Waals surface area contributed by atoms with E-state index < -0.39 is 0 Å². The minimum atomic E-state index is -0.150. The van der Waals surface area contributed by atoms with Gasteiger partial charge in [0.05, 0.1) is 11.8 Å². The Kier molecular flexibility index (Phi) is 6.58. The number of amides is 1. The van der Waals surface area contributed by atoms with Crippen molar-refractivity contribution in [2.24, 2.45) is 0 Å². The van der Waals surface area contributed by atoms with Gasteiger partial charge in [-0.1, -0.05) is 61.4 Å². The van der Waals surface area contributed by atoms with E-state index in [4.69, 9.17) is 0 Å². The number of hydrogen-bond acceptors (Lipinski definition) is 4. The fourth-order valence-electron chi connectivity index (χ4n) is 4.37. The number of thioether (sulfide) groups is 1. The Morgan fingerprint density at radius 2 is 1.86 bits per heavy atom. The van der Waals surface area contributed by atoms with Crippen LogP contribution in [0.4, 0.5) is 0 Å². The van der Waals surface area contributed by atoms with Gasteiger partial charge in [0.2, 0.25) is 5.91 Å². The Morgan fingerprint density at radius 3 is 2.52 bits per heavy atom. The van der Waals surface area contributed by atoms with Crippen LogP contribution in [0.3, 0.4) is 0 Å². The molecule has 4 rings (SSSR count). The highest BCUT2D eigenvalue weighted by Gasteiger charge is 2.33. The van der Waals surface area contributed by atoms with Crippen molar-refractivity contribution in [3.05, 3.63) is 41.7 Å². The van der Waals surface area contributed by atoms with Gasteiger partial charge in [-0.3, -0.25) is 4.79 Å². The second kappa shape index (κ2) is 9.33. The fraction of sp³-hybridized carbons (Fsp3) is 0.609. The van der Waals surface area contributed by atoms with Gasteiger partial charge in [0.1, 0.15) is 5.82 Å². The van der Waals surface area contributed by atoms with Gasteiger partial charge in [0.25, 0.3) is 0 Å². The van der Waals surface area contributed by atoms with Crippen LogP contribution < -0.4 is 0 Å². The molecule has 29 heavy (non-hydrogen) atoms. The molecule has 2 fully saturated rings. The lowest BCUT2D eigenvalue weighted by Gasteiger charge is -2.35. The fourth-order valence-corrected chi connectivity index (χ4v) is 5.30. The third kappa shape index (κ3) is 4.85. The largest absolute Gasteiger partial charge is 0.339 e. The molecule has 6 heteroatoms. The molecule has 2 aliphatic rings. The van der Waals surface area contributed by atoms with Crippen molar-refractivity contribution in [1.82, 2.24) is 19.7 Å². The molecule has 0 radical (unpaired) electrons.